The third-order valence-electron chi connectivity index (χ3n) is 4.95. The molecule has 4 nitrogen and oxygen atoms in total. The van der Waals surface area contributed by atoms with Gasteiger partial charge in [-0.3, -0.25) is 0 Å². The minimum atomic E-state index is -0.959. The molecule has 0 unspecified atom stereocenters. The van der Waals surface area contributed by atoms with Crippen LogP contribution in [0.1, 0.15) is 33.2 Å². The summed E-state index contributed by atoms with van der Waals surface area (Å²) in [6.45, 7) is 4.90. The quantitative estimate of drug-likeness (QED) is 0.363. The van der Waals surface area contributed by atoms with E-state index in [-0.39, 0.29) is 18.0 Å². The van der Waals surface area contributed by atoms with E-state index in [1.165, 1.54) is 5.56 Å². The van der Waals surface area contributed by atoms with Gasteiger partial charge >= 0.3 is 5.97 Å². The Kier molecular flexibility index (Phi) is 9.28. The Morgan fingerprint density at radius 2 is 1.77 bits per heavy atom. The summed E-state index contributed by atoms with van der Waals surface area (Å²) >= 11 is 5.96. The Balaban J connectivity index is 0.00000341. The molecule has 162 valence electrons. The van der Waals surface area contributed by atoms with Gasteiger partial charge in [-0.1, -0.05) is 66.7 Å². The second kappa shape index (κ2) is 11.7. The number of aromatic carboxylic acids is 1. The highest BCUT2D eigenvalue weighted by Crippen LogP contribution is 2.24. The van der Waals surface area contributed by atoms with Gasteiger partial charge < -0.3 is 15.5 Å². The van der Waals surface area contributed by atoms with Crippen LogP contribution in [0.25, 0.3) is 17.2 Å². The van der Waals surface area contributed by atoms with Crippen LogP contribution >= 0.6 is 24.0 Å². The zero-order valence-electron chi connectivity index (χ0n) is 16.9. The minimum Gasteiger partial charge on any atom is -0.478 e. The van der Waals surface area contributed by atoms with Crippen LogP contribution in [-0.4, -0.2) is 29.3 Å². The smallest absolute Gasteiger partial charge is 0.336 e. The van der Waals surface area contributed by atoms with Crippen molar-refractivity contribution in [3.05, 3.63) is 101 Å². The highest BCUT2D eigenvalue weighted by molar-refractivity contribution is 6.30. The van der Waals surface area contributed by atoms with Crippen LogP contribution in [0.3, 0.4) is 0 Å². The van der Waals surface area contributed by atoms with Gasteiger partial charge in [0.2, 0.25) is 0 Å². The van der Waals surface area contributed by atoms with Gasteiger partial charge in [0.25, 0.3) is 0 Å². The molecule has 0 fully saturated rings. The first-order valence-electron chi connectivity index (χ1n) is 9.71. The molecule has 1 atom stereocenters. The van der Waals surface area contributed by atoms with Crippen LogP contribution in [0.5, 0.6) is 0 Å². The summed E-state index contributed by atoms with van der Waals surface area (Å²) < 4.78 is 0. The zero-order valence-corrected chi connectivity index (χ0v) is 18.5. The van der Waals surface area contributed by atoms with E-state index in [2.05, 4.69) is 24.0 Å². The second-order valence-corrected chi connectivity index (χ2v) is 7.47. The number of nitrogens with one attached hydrogen (secondary N) is 1. The molecule has 3 rings (SSSR count). The van der Waals surface area contributed by atoms with Crippen LogP contribution < -0.4 is 5.32 Å². The Morgan fingerprint density at radius 1 is 1.06 bits per heavy atom. The second-order valence-electron chi connectivity index (χ2n) is 7.03. The number of hydrogen-bond acceptors (Lipinski definition) is 3. The average Bonchev–Trinajstić information content (AvgIpc) is 2.76. The van der Waals surface area contributed by atoms with E-state index in [0.717, 1.165) is 29.7 Å². The molecule has 0 saturated carbocycles. The van der Waals surface area contributed by atoms with E-state index < -0.39 is 12.1 Å². The lowest BCUT2D eigenvalue weighted by Crippen LogP contribution is -2.23. The van der Waals surface area contributed by atoms with E-state index in [1.54, 1.807) is 24.3 Å². The number of benzene rings is 3. The highest BCUT2D eigenvalue weighted by atomic mass is 35.5. The van der Waals surface area contributed by atoms with Crippen molar-refractivity contribution < 1.29 is 15.0 Å². The topological polar surface area (TPSA) is 69.6 Å². The molecular formula is C25H25Cl2NO3. The molecule has 0 aliphatic rings. The zero-order chi connectivity index (χ0) is 21.5. The molecule has 3 aromatic rings. The minimum absolute atomic E-state index is 0. The van der Waals surface area contributed by atoms with E-state index in [9.17, 15) is 15.0 Å². The third-order valence-corrected chi connectivity index (χ3v) is 5.19. The van der Waals surface area contributed by atoms with Gasteiger partial charge in [0.05, 0.1) is 11.7 Å². The van der Waals surface area contributed by atoms with Gasteiger partial charge in [-0.05, 0) is 65.0 Å². The molecule has 0 bridgehead atoms. The summed E-state index contributed by atoms with van der Waals surface area (Å²) in [6, 6.07) is 20.7. The van der Waals surface area contributed by atoms with Crippen LogP contribution in [0.2, 0.25) is 5.02 Å². The fourth-order valence-electron chi connectivity index (χ4n) is 3.27. The van der Waals surface area contributed by atoms with Crippen LogP contribution in [0.4, 0.5) is 0 Å². The Hall–Kier alpha value is -2.63. The standard InChI is InChI=1S/C25H24ClNO3.ClH/c1-2-18-14-20(10-11-23(18)25(29)30)19-8-6-17(7-9-19)12-13-27-16-24(28)21-4-3-5-22(26)15-21;/h2-11,14-15,24,27-28H,1,12-13,16H2,(H,29,30);1H/t24-;/m1./s1. The van der Waals surface area contributed by atoms with E-state index in [4.69, 9.17) is 11.6 Å². The Labute approximate surface area is 193 Å². The molecule has 31 heavy (non-hydrogen) atoms. The summed E-state index contributed by atoms with van der Waals surface area (Å²) in [7, 11) is 0. The number of carbonyl (C=O) groups is 1. The molecule has 0 aromatic heterocycles. The van der Waals surface area contributed by atoms with Gasteiger partial charge in [0, 0.05) is 11.6 Å². The summed E-state index contributed by atoms with van der Waals surface area (Å²) in [4.78, 5) is 11.3. The Bertz CT molecular complexity index is 1040. The lowest BCUT2D eigenvalue weighted by atomic mass is 9.98. The molecule has 0 amide bonds. The number of carboxylic acids is 1. The Morgan fingerprint density at radius 3 is 2.42 bits per heavy atom. The summed E-state index contributed by atoms with van der Waals surface area (Å²) in [5.41, 5.74) is 4.79. The van der Waals surface area contributed by atoms with Crippen molar-refractivity contribution in [3.8, 4) is 11.1 Å². The molecule has 6 heteroatoms. The highest BCUT2D eigenvalue weighted by Gasteiger charge is 2.10. The molecule has 3 N–H and O–H groups in total. The number of aliphatic hydroxyl groups excluding tert-OH is 1. The molecule has 0 heterocycles. The predicted molar refractivity (Wildman–Crippen MR) is 129 cm³/mol. The molecular weight excluding hydrogens is 433 g/mol. The maximum atomic E-state index is 11.3. The van der Waals surface area contributed by atoms with E-state index in [1.807, 2.05) is 36.4 Å². The van der Waals surface area contributed by atoms with Crippen LogP contribution in [0.15, 0.2) is 73.3 Å². The van der Waals surface area contributed by atoms with Gasteiger partial charge in [-0.15, -0.1) is 12.4 Å². The van der Waals surface area contributed by atoms with Crippen molar-refractivity contribution in [1.29, 1.82) is 0 Å². The van der Waals surface area contributed by atoms with E-state index >= 15 is 0 Å². The fourth-order valence-corrected chi connectivity index (χ4v) is 3.47. The first-order valence-corrected chi connectivity index (χ1v) is 10.1. The average molecular weight is 458 g/mol. The lowest BCUT2D eigenvalue weighted by molar-refractivity contribution is 0.0696. The summed E-state index contributed by atoms with van der Waals surface area (Å²) in [6.07, 6.45) is 1.79. The van der Waals surface area contributed by atoms with Gasteiger partial charge in [0.1, 0.15) is 0 Å². The van der Waals surface area contributed by atoms with Crippen molar-refractivity contribution in [2.75, 3.05) is 13.1 Å². The largest absolute Gasteiger partial charge is 0.478 e. The molecule has 0 saturated heterocycles. The van der Waals surface area contributed by atoms with Crippen molar-refractivity contribution in [1.82, 2.24) is 5.32 Å². The summed E-state index contributed by atoms with van der Waals surface area (Å²) in [5.74, 6) is -0.959. The van der Waals surface area contributed by atoms with Gasteiger partial charge in [-0.25, -0.2) is 4.79 Å². The van der Waals surface area contributed by atoms with Crippen molar-refractivity contribution in [2.45, 2.75) is 12.5 Å². The normalized spacial score (nSPS) is 11.4. The van der Waals surface area contributed by atoms with Crippen LogP contribution in [-0.2, 0) is 6.42 Å². The van der Waals surface area contributed by atoms with E-state index in [0.29, 0.717) is 17.1 Å². The third kappa shape index (κ3) is 6.68. The molecule has 0 aliphatic carbocycles. The molecule has 0 spiro atoms. The molecule has 3 aromatic carbocycles. The monoisotopic (exact) mass is 457 g/mol. The summed E-state index contributed by atoms with van der Waals surface area (Å²) in [5, 5.41) is 23.4. The van der Waals surface area contributed by atoms with Crippen LogP contribution in [0, 0.1) is 0 Å². The number of rotatable bonds is 9. The van der Waals surface area contributed by atoms with Crippen molar-refractivity contribution in [3.63, 3.8) is 0 Å². The number of aliphatic hydroxyl groups is 1. The van der Waals surface area contributed by atoms with Gasteiger partial charge in [-0.2, -0.15) is 0 Å². The lowest BCUT2D eigenvalue weighted by Gasteiger charge is -2.13. The number of halogens is 2. The maximum Gasteiger partial charge on any atom is 0.336 e. The SMILES string of the molecule is C=Cc1cc(-c2ccc(CCNC[C@@H](O)c3cccc(Cl)c3)cc2)ccc1C(=O)O.Cl. The number of carboxylic acid groups (broad SMARTS) is 1. The van der Waals surface area contributed by atoms with Gasteiger partial charge in [0.15, 0.2) is 0 Å². The van der Waals surface area contributed by atoms with Crippen molar-refractivity contribution >= 4 is 36.1 Å². The molecule has 0 radical (unpaired) electrons. The first kappa shape index (κ1) is 24.6. The number of hydrogen-bond donors (Lipinski definition) is 3. The predicted octanol–water partition coefficient (Wildman–Crippen LogP) is 5.64. The molecule has 0 aliphatic heterocycles. The fraction of sp³-hybridized carbons (Fsp3) is 0.160. The van der Waals surface area contributed by atoms with Crippen molar-refractivity contribution in [2.24, 2.45) is 0 Å². The first-order chi connectivity index (χ1) is 14.5. The maximum absolute atomic E-state index is 11.3.